The van der Waals surface area contributed by atoms with Crippen molar-refractivity contribution in [2.24, 2.45) is 14.1 Å². The first-order valence-corrected chi connectivity index (χ1v) is 8.90. The van der Waals surface area contributed by atoms with Crippen LogP contribution in [0.1, 0.15) is 6.23 Å². The van der Waals surface area contributed by atoms with Gasteiger partial charge in [0.1, 0.15) is 18.3 Å². The fourth-order valence-corrected chi connectivity index (χ4v) is 3.19. The molecule has 144 valence electrons. The van der Waals surface area contributed by atoms with Gasteiger partial charge in [0, 0.05) is 14.1 Å². The number of phosphoric acid groups is 1. The number of aromatic nitrogens is 4. The third-order valence-electron chi connectivity index (χ3n) is 4.18. The molecule has 26 heavy (non-hydrogen) atoms. The lowest BCUT2D eigenvalue weighted by molar-refractivity contribution is -0.0505. The molecule has 0 aromatic carbocycles. The van der Waals surface area contributed by atoms with E-state index in [1.54, 1.807) is 0 Å². The number of imidazole rings is 1. The lowest BCUT2D eigenvalue weighted by atomic mass is 10.1. The van der Waals surface area contributed by atoms with Gasteiger partial charge >= 0.3 is 13.5 Å². The summed E-state index contributed by atoms with van der Waals surface area (Å²) in [7, 11) is -2.10. The molecule has 1 saturated heterocycles. The second-order valence-corrected chi connectivity index (χ2v) is 7.10. The van der Waals surface area contributed by atoms with Gasteiger partial charge in [-0.3, -0.25) is 23.0 Å². The standard InChI is InChI=1S/C12H17N4O9P/c1-14-9-6(10(19)15(2)12(14)20)13-4-16(9)11-8(18)7(17)5(25-11)3-24-26(21,22)23/h4-5,7-8,11,17-18H,3H2,1-2H3,(H2,21,22,23)/t5-,7-,8-,11-/m1/s1. The first-order valence-electron chi connectivity index (χ1n) is 7.37. The highest BCUT2D eigenvalue weighted by atomic mass is 31.2. The van der Waals surface area contributed by atoms with Crippen LogP contribution in [0.5, 0.6) is 0 Å². The maximum atomic E-state index is 12.2. The van der Waals surface area contributed by atoms with Gasteiger partial charge in [-0.2, -0.15) is 0 Å². The molecule has 1 fully saturated rings. The lowest BCUT2D eigenvalue weighted by Gasteiger charge is -2.18. The molecule has 1 aliphatic rings. The minimum Gasteiger partial charge on any atom is -0.387 e. The Morgan fingerprint density at radius 2 is 1.88 bits per heavy atom. The highest BCUT2D eigenvalue weighted by molar-refractivity contribution is 7.46. The average molecular weight is 392 g/mol. The molecule has 2 aromatic rings. The Labute approximate surface area is 144 Å². The summed E-state index contributed by atoms with van der Waals surface area (Å²) in [6.45, 7) is -0.674. The van der Waals surface area contributed by atoms with Crippen LogP contribution in [0.15, 0.2) is 15.9 Å². The third-order valence-corrected chi connectivity index (χ3v) is 4.67. The summed E-state index contributed by atoms with van der Waals surface area (Å²) in [6, 6.07) is 0. The van der Waals surface area contributed by atoms with Gasteiger partial charge < -0.3 is 24.7 Å². The zero-order chi connectivity index (χ0) is 19.4. The van der Waals surface area contributed by atoms with Gasteiger partial charge in [0.2, 0.25) is 0 Å². The number of aryl methyl sites for hydroxylation is 1. The predicted octanol–water partition coefficient (Wildman–Crippen LogP) is -2.84. The molecule has 14 heteroatoms. The molecule has 3 heterocycles. The summed E-state index contributed by atoms with van der Waals surface area (Å²) >= 11 is 0. The molecule has 13 nitrogen and oxygen atoms in total. The molecule has 1 aliphatic heterocycles. The number of aliphatic hydroxyl groups is 2. The van der Waals surface area contributed by atoms with E-state index in [-0.39, 0.29) is 11.2 Å². The van der Waals surface area contributed by atoms with Gasteiger partial charge in [0.05, 0.1) is 12.9 Å². The number of hydrogen-bond donors (Lipinski definition) is 4. The van der Waals surface area contributed by atoms with Crippen molar-refractivity contribution in [2.75, 3.05) is 6.61 Å². The molecule has 4 atom stereocenters. The molecule has 0 amide bonds. The number of fused-ring (bicyclic) bond motifs is 1. The van der Waals surface area contributed by atoms with Gasteiger partial charge in [-0.05, 0) is 0 Å². The Morgan fingerprint density at radius 1 is 1.23 bits per heavy atom. The summed E-state index contributed by atoms with van der Waals surface area (Å²) in [6.07, 6.45) is -4.37. The molecular formula is C12H17N4O9P. The highest BCUT2D eigenvalue weighted by Gasteiger charge is 2.45. The van der Waals surface area contributed by atoms with Crippen molar-refractivity contribution in [3.63, 3.8) is 0 Å². The van der Waals surface area contributed by atoms with Crippen molar-refractivity contribution in [1.82, 2.24) is 18.7 Å². The number of phosphoric ester groups is 1. The minimum absolute atomic E-state index is 0.0465. The SMILES string of the molecule is Cn1c(=O)c2ncn([C@@H]3O[C@H](COP(=O)(O)O)[C@@H](O)[C@H]3O)c2n(C)c1=O. The van der Waals surface area contributed by atoms with Crippen LogP contribution in [-0.2, 0) is 27.9 Å². The van der Waals surface area contributed by atoms with E-state index in [1.807, 2.05) is 0 Å². The van der Waals surface area contributed by atoms with Crippen LogP contribution in [0.3, 0.4) is 0 Å². The van der Waals surface area contributed by atoms with Crippen molar-refractivity contribution >= 4 is 19.0 Å². The molecule has 3 rings (SSSR count). The van der Waals surface area contributed by atoms with E-state index in [0.29, 0.717) is 0 Å². The van der Waals surface area contributed by atoms with Crippen molar-refractivity contribution in [1.29, 1.82) is 0 Å². The number of aliphatic hydroxyl groups excluding tert-OH is 2. The summed E-state index contributed by atoms with van der Waals surface area (Å²) in [5.74, 6) is 0. The van der Waals surface area contributed by atoms with E-state index in [0.717, 1.165) is 9.13 Å². The zero-order valence-corrected chi connectivity index (χ0v) is 14.6. The van der Waals surface area contributed by atoms with Gasteiger partial charge in [-0.1, -0.05) is 0 Å². The minimum atomic E-state index is -4.79. The van der Waals surface area contributed by atoms with Crippen LogP contribution in [0.25, 0.3) is 11.2 Å². The Kier molecular flexibility index (Phi) is 4.65. The van der Waals surface area contributed by atoms with Crippen molar-refractivity contribution in [3.05, 3.63) is 27.2 Å². The lowest BCUT2D eigenvalue weighted by Crippen LogP contribution is -2.38. The number of rotatable bonds is 4. The van der Waals surface area contributed by atoms with Gasteiger partial charge in [0.25, 0.3) is 5.56 Å². The largest absolute Gasteiger partial charge is 0.469 e. The molecule has 0 saturated carbocycles. The highest BCUT2D eigenvalue weighted by Crippen LogP contribution is 2.38. The van der Waals surface area contributed by atoms with Crippen LogP contribution >= 0.6 is 7.82 Å². The van der Waals surface area contributed by atoms with Crippen molar-refractivity contribution in [3.8, 4) is 0 Å². The quantitative estimate of drug-likeness (QED) is 0.396. The van der Waals surface area contributed by atoms with Gasteiger partial charge in [-0.15, -0.1) is 0 Å². The molecule has 0 aliphatic carbocycles. The molecule has 0 bridgehead atoms. The summed E-state index contributed by atoms with van der Waals surface area (Å²) in [5.41, 5.74) is -1.25. The van der Waals surface area contributed by atoms with E-state index >= 15 is 0 Å². The molecule has 4 N–H and O–H groups in total. The van der Waals surface area contributed by atoms with E-state index in [4.69, 9.17) is 14.5 Å². The number of hydrogen-bond acceptors (Lipinski definition) is 8. The van der Waals surface area contributed by atoms with E-state index in [2.05, 4.69) is 9.51 Å². The summed E-state index contributed by atoms with van der Waals surface area (Å²) < 4.78 is 23.7. The topological polar surface area (TPSA) is 178 Å². The molecular weight excluding hydrogens is 375 g/mol. The number of ether oxygens (including phenoxy) is 1. The smallest absolute Gasteiger partial charge is 0.387 e. The first kappa shape index (κ1) is 18.9. The van der Waals surface area contributed by atoms with Crippen molar-refractivity contribution < 1.29 is 33.8 Å². The average Bonchev–Trinajstić information content (AvgIpc) is 3.11. The normalized spacial score (nSPS) is 26.7. The monoisotopic (exact) mass is 392 g/mol. The van der Waals surface area contributed by atoms with E-state index < -0.39 is 50.2 Å². The predicted molar refractivity (Wildman–Crippen MR) is 84.1 cm³/mol. The molecule has 0 radical (unpaired) electrons. The second-order valence-electron chi connectivity index (χ2n) is 5.86. The number of nitrogens with zero attached hydrogens (tertiary/aromatic N) is 4. The van der Waals surface area contributed by atoms with Gasteiger partial charge in [0.15, 0.2) is 17.4 Å². The maximum Gasteiger partial charge on any atom is 0.469 e. The Morgan fingerprint density at radius 3 is 2.50 bits per heavy atom. The molecule has 2 aromatic heterocycles. The first-order chi connectivity index (χ1) is 12.0. The Hall–Kier alpha value is -1.86. The van der Waals surface area contributed by atoms with Crippen LogP contribution in [0, 0.1) is 0 Å². The van der Waals surface area contributed by atoms with Gasteiger partial charge in [-0.25, -0.2) is 14.3 Å². The maximum absolute atomic E-state index is 12.2. The fraction of sp³-hybridized carbons (Fsp3) is 0.583. The van der Waals surface area contributed by atoms with Crippen LogP contribution in [-0.4, -0.2) is 63.6 Å². The van der Waals surface area contributed by atoms with Crippen LogP contribution in [0.2, 0.25) is 0 Å². The second kappa shape index (κ2) is 6.39. The summed E-state index contributed by atoms with van der Waals surface area (Å²) in [4.78, 5) is 45.7. The Bertz CT molecular complexity index is 1000. The summed E-state index contributed by atoms with van der Waals surface area (Å²) in [5, 5.41) is 20.3. The van der Waals surface area contributed by atoms with Crippen molar-refractivity contribution in [2.45, 2.75) is 24.5 Å². The molecule has 0 spiro atoms. The Balaban J connectivity index is 2.01. The third kappa shape index (κ3) is 3.03. The molecule has 0 unspecified atom stereocenters. The van der Waals surface area contributed by atoms with Crippen LogP contribution in [0.4, 0.5) is 0 Å². The zero-order valence-electron chi connectivity index (χ0n) is 13.7. The fourth-order valence-electron chi connectivity index (χ4n) is 2.85. The van der Waals surface area contributed by atoms with E-state index in [9.17, 15) is 24.4 Å². The van der Waals surface area contributed by atoms with Crippen LogP contribution < -0.4 is 11.2 Å². The van der Waals surface area contributed by atoms with E-state index in [1.165, 1.54) is 25.0 Å².